The Kier molecular flexibility index (Phi) is 6.04. The van der Waals surface area contributed by atoms with Crippen molar-refractivity contribution in [2.75, 3.05) is 0 Å². The highest BCUT2D eigenvalue weighted by molar-refractivity contribution is 7.43. The fourth-order valence-corrected chi connectivity index (χ4v) is 8.07. The molecule has 1 heterocycles. The minimum atomic E-state index is -1.90. The summed E-state index contributed by atoms with van der Waals surface area (Å²) in [5.74, 6) is 0.306. The van der Waals surface area contributed by atoms with Gasteiger partial charge in [-0.25, -0.2) is 4.67 Å². The Morgan fingerprint density at radius 1 is 0.900 bits per heavy atom. The molecule has 1 N–H and O–H groups in total. The fourth-order valence-electron chi connectivity index (χ4n) is 5.60. The number of hydrogen-bond acceptors (Lipinski definition) is 2. The molecule has 3 nitrogen and oxygen atoms in total. The van der Waals surface area contributed by atoms with Crippen LogP contribution in [0.5, 0.6) is 0 Å². The molecule has 1 saturated heterocycles. The Morgan fingerprint density at radius 2 is 1.60 bits per heavy atom. The summed E-state index contributed by atoms with van der Waals surface area (Å²) < 4.78 is 16.3. The second kappa shape index (κ2) is 9.06. The Balaban J connectivity index is 1.44. The van der Waals surface area contributed by atoms with E-state index in [0.29, 0.717) is 18.0 Å². The van der Waals surface area contributed by atoms with Gasteiger partial charge in [0, 0.05) is 36.2 Å². The molecule has 30 heavy (non-hydrogen) atoms. The summed E-state index contributed by atoms with van der Waals surface area (Å²) in [5, 5.41) is 3.84. The molecule has 5 rings (SSSR count). The number of benzene rings is 2. The van der Waals surface area contributed by atoms with Crippen LogP contribution < -0.4 is 5.32 Å². The van der Waals surface area contributed by atoms with Crippen LogP contribution >= 0.6 is 7.95 Å². The van der Waals surface area contributed by atoms with E-state index in [2.05, 4.69) is 95.0 Å². The van der Waals surface area contributed by atoms with Crippen LogP contribution in [0, 0.1) is 5.92 Å². The topological polar surface area (TPSA) is 32.3 Å². The van der Waals surface area contributed by atoms with Gasteiger partial charge >= 0.3 is 0 Å². The Labute approximate surface area is 180 Å². The van der Waals surface area contributed by atoms with Crippen molar-refractivity contribution in [3.63, 3.8) is 0 Å². The number of nitrogens with one attached hydrogen (secondary N) is 1. The first-order valence-corrected chi connectivity index (χ1v) is 12.8. The van der Waals surface area contributed by atoms with Gasteiger partial charge in [-0.3, -0.25) is 0 Å². The number of fused-ring (bicyclic) bond motifs is 1. The van der Waals surface area contributed by atoms with E-state index in [1.165, 1.54) is 24.0 Å². The maximum absolute atomic E-state index is 13.8. The average Bonchev–Trinajstić information content (AvgIpc) is 3.11. The van der Waals surface area contributed by atoms with Gasteiger partial charge in [-0.2, -0.15) is 0 Å². The summed E-state index contributed by atoms with van der Waals surface area (Å²) in [6.45, 7) is 0.874. The van der Waals surface area contributed by atoms with Crippen LogP contribution in [0.15, 0.2) is 85.0 Å². The Hall–Kier alpha value is -1.93. The summed E-state index contributed by atoms with van der Waals surface area (Å²) in [6, 6.07) is 22.3. The summed E-state index contributed by atoms with van der Waals surface area (Å²) in [5.41, 5.74) is 2.77. The standard InChI is InChI=1S/C26H31N2OP/c29-30-25-18-10-7-15-22(25)26(21-13-5-2-6-14-21)28(30)24-17-9-8-16-23(24)27-19-20-11-3-1-4-12-20/h1-7,10-15,18,22-27,30H,8-9,16-17,19H2/t22?,23-,24-,25-,26+/m0/s1. The minimum Gasteiger partial charge on any atom is -0.309 e. The lowest BCUT2D eigenvalue weighted by molar-refractivity contribution is 0.160. The van der Waals surface area contributed by atoms with Crippen molar-refractivity contribution in [3.8, 4) is 0 Å². The van der Waals surface area contributed by atoms with Crippen LogP contribution in [0.3, 0.4) is 0 Å². The lowest BCUT2D eigenvalue weighted by Crippen LogP contribution is -2.49. The van der Waals surface area contributed by atoms with Crippen molar-refractivity contribution < 1.29 is 4.57 Å². The number of hydrogen-bond donors (Lipinski definition) is 1. The zero-order valence-electron chi connectivity index (χ0n) is 17.4. The zero-order valence-corrected chi connectivity index (χ0v) is 18.4. The predicted octanol–water partition coefficient (Wildman–Crippen LogP) is 5.73. The van der Waals surface area contributed by atoms with E-state index in [1.807, 2.05) is 0 Å². The molecule has 0 bridgehead atoms. The first-order valence-electron chi connectivity index (χ1n) is 11.3. The third-order valence-electron chi connectivity index (χ3n) is 7.02. The second-order valence-electron chi connectivity index (χ2n) is 8.80. The number of allylic oxidation sites excluding steroid dienone is 3. The van der Waals surface area contributed by atoms with Gasteiger partial charge in [-0.05, 0) is 24.0 Å². The van der Waals surface area contributed by atoms with E-state index < -0.39 is 7.95 Å². The minimum absolute atomic E-state index is 0.155. The molecule has 3 aliphatic rings. The molecule has 0 spiro atoms. The molecule has 1 saturated carbocycles. The first kappa shape index (κ1) is 20.0. The smallest absolute Gasteiger partial charge is 0.146 e. The van der Waals surface area contributed by atoms with E-state index >= 15 is 0 Å². The summed E-state index contributed by atoms with van der Waals surface area (Å²) in [4.78, 5) is 0. The summed E-state index contributed by atoms with van der Waals surface area (Å²) >= 11 is 0. The molecule has 1 aliphatic heterocycles. The van der Waals surface area contributed by atoms with Gasteiger partial charge in [0.1, 0.15) is 7.95 Å². The molecule has 4 heteroatoms. The SMILES string of the molecule is O=[PH]1[C@H]2C=CC=CC2[C@@H](c2ccccc2)N1[C@H]1CCCC[C@@H]1NCc1ccccc1. The zero-order chi connectivity index (χ0) is 20.3. The molecule has 2 aromatic rings. The molecule has 2 aliphatic carbocycles. The van der Waals surface area contributed by atoms with E-state index in [1.54, 1.807) is 0 Å². The Bertz CT molecular complexity index is 927. The maximum atomic E-state index is 13.8. The van der Waals surface area contributed by atoms with Crippen LogP contribution in [-0.2, 0) is 11.1 Å². The van der Waals surface area contributed by atoms with Gasteiger partial charge in [-0.1, -0.05) is 97.8 Å². The molecule has 0 amide bonds. The second-order valence-corrected chi connectivity index (χ2v) is 10.7. The Morgan fingerprint density at radius 3 is 2.40 bits per heavy atom. The van der Waals surface area contributed by atoms with Gasteiger partial charge < -0.3 is 9.88 Å². The van der Waals surface area contributed by atoms with Gasteiger partial charge in [0.15, 0.2) is 0 Å². The molecule has 0 radical (unpaired) electrons. The molecule has 2 fully saturated rings. The van der Waals surface area contributed by atoms with Crippen molar-refractivity contribution in [2.45, 2.75) is 56.0 Å². The van der Waals surface area contributed by atoms with E-state index in [4.69, 9.17) is 0 Å². The maximum Gasteiger partial charge on any atom is 0.146 e. The van der Waals surface area contributed by atoms with Crippen molar-refractivity contribution in [3.05, 3.63) is 96.1 Å². The van der Waals surface area contributed by atoms with Crippen LogP contribution in [0.1, 0.15) is 42.9 Å². The van der Waals surface area contributed by atoms with Crippen LogP contribution in [0.25, 0.3) is 0 Å². The third kappa shape index (κ3) is 3.87. The highest BCUT2D eigenvalue weighted by atomic mass is 31.1. The van der Waals surface area contributed by atoms with Crippen LogP contribution in [0.4, 0.5) is 0 Å². The van der Waals surface area contributed by atoms with Gasteiger partial charge in [0.25, 0.3) is 0 Å². The molecule has 156 valence electrons. The summed E-state index contributed by atoms with van der Waals surface area (Å²) in [6.07, 6.45) is 13.5. The van der Waals surface area contributed by atoms with Crippen LogP contribution in [0.2, 0.25) is 0 Å². The van der Waals surface area contributed by atoms with Gasteiger partial charge in [0.05, 0.1) is 0 Å². The molecule has 2 aromatic carbocycles. The largest absolute Gasteiger partial charge is 0.309 e. The van der Waals surface area contributed by atoms with Gasteiger partial charge in [-0.15, -0.1) is 0 Å². The molecule has 0 aromatic heterocycles. The average molecular weight is 419 g/mol. The van der Waals surface area contributed by atoms with E-state index in [0.717, 1.165) is 19.4 Å². The van der Waals surface area contributed by atoms with Crippen molar-refractivity contribution in [1.29, 1.82) is 0 Å². The molecular weight excluding hydrogens is 387 g/mol. The third-order valence-corrected chi connectivity index (χ3v) is 9.29. The molecule has 2 unspecified atom stereocenters. The lowest BCUT2D eigenvalue weighted by atomic mass is 9.84. The van der Waals surface area contributed by atoms with Gasteiger partial charge in [0.2, 0.25) is 0 Å². The quantitative estimate of drug-likeness (QED) is 0.630. The molecular formula is C26H31N2OP. The normalized spacial score (nSPS) is 33.5. The number of nitrogens with zero attached hydrogens (tertiary/aromatic N) is 1. The van der Waals surface area contributed by atoms with E-state index in [-0.39, 0.29) is 11.7 Å². The highest BCUT2D eigenvalue weighted by Gasteiger charge is 2.50. The molecule has 6 atom stereocenters. The number of rotatable bonds is 5. The van der Waals surface area contributed by atoms with Crippen LogP contribution in [-0.4, -0.2) is 22.4 Å². The monoisotopic (exact) mass is 418 g/mol. The first-order chi connectivity index (χ1) is 14.8. The van der Waals surface area contributed by atoms with E-state index in [9.17, 15) is 4.57 Å². The van der Waals surface area contributed by atoms with Crippen molar-refractivity contribution in [2.24, 2.45) is 5.92 Å². The predicted molar refractivity (Wildman–Crippen MR) is 125 cm³/mol. The fraction of sp³-hybridized carbons (Fsp3) is 0.385. The summed E-state index contributed by atoms with van der Waals surface area (Å²) in [7, 11) is -1.90. The lowest BCUT2D eigenvalue weighted by Gasteiger charge is -2.41. The highest BCUT2D eigenvalue weighted by Crippen LogP contribution is 2.59. The van der Waals surface area contributed by atoms with Crippen molar-refractivity contribution in [1.82, 2.24) is 9.99 Å². The van der Waals surface area contributed by atoms with Crippen molar-refractivity contribution >= 4 is 7.95 Å².